The topological polar surface area (TPSA) is 141 Å². The highest BCUT2D eigenvalue weighted by Gasteiger charge is 2.44. The summed E-state index contributed by atoms with van der Waals surface area (Å²) in [6, 6.07) is 11.3. The molecule has 1 atom stereocenters. The molecule has 0 saturated carbocycles. The number of ketones is 1. The van der Waals surface area contributed by atoms with Gasteiger partial charge < -0.3 is 23.7 Å². The number of Topliss-reactive ketones (excluding diaryl/α,β-unsaturated/α-hetero) is 1. The van der Waals surface area contributed by atoms with E-state index < -0.39 is 28.4 Å². The molecule has 1 aliphatic rings. The van der Waals surface area contributed by atoms with Crippen LogP contribution in [-0.2, 0) is 11.3 Å². The van der Waals surface area contributed by atoms with E-state index in [4.69, 9.17) is 9.15 Å². The molecule has 3 heterocycles. The lowest BCUT2D eigenvalue weighted by molar-refractivity contribution is -0.384. The van der Waals surface area contributed by atoms with Crippen LogP contribution in [0.25, 0.3) is 11.0 Å². The van der Waals surface area contributed by atoms with Crippen molar-refractivity contribution in [2.24, 2.45) is 0 Å². The molecule has 0 aliphatic carbocycles. The Kier molecular flexibility index (Phi) is 6.18. The maximum absolute atomic E-state index is 13.7. The molecule has 0 spiro atoms. The smallest absolute Gasteiger partial charge is 0.290 e. The van der Waals surface area contributed by atoms with E-state index in [0.717, 1.165) is 0 Å². The Hall–Kier alpha value is -4.93. The van der Waals surface area contributed by atoms with Crippen molar-refractivity contribution in [1.29, 1.82) is 0 Å². The van der Waals surface area contributed by atoms with Crippen LogP contribution in [0.15, 0.2) is 83.0 Å². The van der Waals surface area contributed by atoms with Gasteiger partial charge >= 0.3 is 0 Å². The molecule has 2 aromatic carbocycles. The Morgan fingerprint density at radius 2 is 2.00 bits per heavy atom. The minimum atomic E-state index is -0.960. The Labute approximate surface area is 210 Å². The number of carbonyl (C=O) groups is 2. The average molecular weight is 502 g/mol. The third-order valence-corrected chi connectivity index (χ3v) is 6.29. The standard InChI is InChI=1S/C26H22N4O7/c1-36-19-5-2-4-17-14-20(37-25(17)19)23(31)21-22(16-6-8-18(9-7-16)30(34)35)29(26(33)24(21)32)12-3-11-28-13-10-27-15-28/h2,4-10,13-15,22,32H,3,11-12H2,1H3. The van der Waals surface area contributed by atoms with E-state index in [9.17, 15) is 24.8 Å². The number of nitro groups is 1. The zero-order valence-corrected chi connectivity index (χ0v) is 19.7. The number of imidazole rings is 1. The van der Waals surface area contributed by atoms with Crippen LogP contribution in [0.1, 0.15) is 28.6 Å². The summed E-state index contributed by atoms with van der Waals surface area (Å²) in [5, 5.41) is 22.7. The number of non-ortho nitro benzene ring substituents is 1. The van der Waals surface area contributed by atoms with E-state index in [1.807, 2.05) is 4.57 Å². The van der Waals surface area contributed by atoms with Gasteiger partial charge in [-0.2, -0.15) is 0 Å². The second-order valence-corrected chi connectivity index (χ2v) is 8.48. The SMILES string of the molecule is COc1cccc2cc(C(=O)C3=C(O)C(=O)N(CCCn4ccnc4)C3c3ccc([N+](=O)[O-])cc3)oc12. The van der Waals surface area contributed by atoms with Gasteiger partial charge in [-0.15, -0.1) is 0 Å². The van der Waals surface area contributed by atoms with Gasteiger partial charge in [-0.1, -0.05) is 12.1 Å². The van der Waals surface area contributed by atoms with Crippen molar-refractivity contribution < 1.29 is 28.8 Å². The number of ether oxygens (including phenoxy) is 1. The number of amides is 1. The second kappa shape index (κ2) is 9.61. The first-order valence-electron chi connectivity index (χ1n) is 11.4. The fourth-order valence-electron chi connectivity index (χ4n) is 4.53. The van der Waals surface area contributed by atoms with Crippen molar-refractivity contribution in [3.05, 3.63) is 100 Å². The van der Waals surface area contributed by atoms with Crippen molar-refractivity contribution in [2.45, 2.75) is 19.0 Å². The highest BCUT2D eigenvalue weighted by molar-refractivity contribution is 6.16. The monoisotopic (exact) mass is 502 g/mol. The zero-order chi connectivity index (χ0) is 26.1. The normalized spacial score (nSPS) is 15.5. The number of carbonyl (C=O) groups excluding carboxylic acids is 2. The number of aryl methyl sites for hydroxylation is 1. The lowest BCUT2D eigenvalue weighted by Crippen LogP contribution is -2.32. The van der Waals surface area contributed by atoms with E-state index in [2.05, 4.69) is 4.98 Å². The summed E-state index contributed by atoms with van der Waals surface area (Å²) in [5.41, 5.74) is 0.522. The number of aliphatic hydroxyl groups excluding tert-OH is 1. The van der Waals surface area contributed by atoms with Crippen LogP contribution in [0.4, 0.5) is 5.69 Å². The Morgan fingerprint density at radius 1 is 1.22 bits per heavy atom. The first kappa shape index (κ1) is 23.8. The molecule has 1 aliphatic heterocycles. The predicted molar refractivity (Wildman–Crippen MR) is 131 cm³/mol. The van der Waals surface area contributed by atoms with Gasteiger partial charge in [0.05, 0.1) is 30.0 Å². The summed E-state index contributed by atoms with van der Waals surface area (Å²) in [6.45, 7) is 0.775. The van der Waals surface area contributed by atoms with E-state index in [-0.39, 0.29) is 23.6 Å². The molecule has 0 radical (unpaired) electrons. The molecule has 11 heteroatoms. The van der Waals surface area contributed by atoms with Crippen molar-refractivity contribution >= 4 is 28.3 Å². The van der Waals surface area contributed by atoms with Gasteiger partial charge in [-0.3, -0.25) is 19.7 Å². The highest BCUT2D eigenvalue weighted by atomic mass is 16.6. The Bertz CT molecular complexity index is 1520. The van der Waals surface area contributed by atoms with Crippen molar-refractivity contribution in [1.82, 2.24) is 14.5 Å². The van der Waals surface area contributed by atoms with Crippen LogP contribution in [0, 0.1) is 10.1 Å². The molecular formula is C26H22N4O7. The lowest BCUT2D eigenvalue weighted by atomic mass is 9.94. The summed E-state index contributed by atoms with van der Waals surface area (Å²) in [5.74, 6) is -1.68. The Balaban J connectivity index is 1.52. The molecule has 1 unspecified atom stereocenters. The van der Waals surface area contributed by atoms with Crippen LogP contribution in [0.5, 0.6) is 5.75 Å². The number of nitro benzene ring substituents is 1. The molecule has 1 amide bonds. The fourth-order valence-corrected chi connectivity index (χ4v) is 4.53. The molecule has 2 aromatic heterocycles. The van der Waals surface area contributed by atoms with Crippen molar-refractivity contribution in [3.63, 3.8) is 0 Å². The molecule has 37 heavy (non-hydrogen) atoms. The average Bonchev–Trinajstić information content (AvgIpc) is 3.63. The third kappa shape index (κ3) is 4.31. The maximum Gasteiger partial charge on any atom is 0.290 e. The van der Waals surface area contributed by atoms with E-state index in [1.54, 1.807) is 36.9 Å². The summed E-state index contributed by atoms with van der Waals surface area (Å²) in [4.78, 5) is 42.9. The predicted octanol–water partition coefficient (Wildman–Crippen LogP) is 4.21. The summed E-state index contributed by atoms with van der Waals surface area (Å²) in [6.07, 6.45) is 5.61. The third-order valence-electron chi connectivity index (χ3n) is 6.29. The number of aromatic nitrogens is 2. The Morgan fingerprint density at radius 3 is 2.68 bits per heavy atom. The van der Waals surface area contributed by atoms with Gasteiger partial charge in [-0.05, 0) is 36.2 Å². The van der Waals surface area contributed by atoms with E-state index in [0.29, 0.717) is 35.2 Å². The molecule has 5 rings (SSSR count). The van der Waals surface area contributed by atoms with Gasteiger partial charge in [0.15, 0.2) is 22.9 Å². The number of rotatable bonds is 9. The number of furan rings is 1. The molecule has 11 nitrogen and oxygen atoms in total. The minimum absolute atomic E-state index is 0.0685. The lowest BCUT2D eigenvalue weighted by Gasteiger charge is -2.26. The highest BCUT2D eigenvalue weighted by Crippen LogP contribution is 2.40. The molecule has 1 N–H and O–H groups in total. The van der Waals surface area contributed by atoms with Crippen LogP contribution >= 0.6 is 0 Å². The number of para-hydroxylation sites is 1. The molecular weight excluding hydrogens is 480 g/mol. The van der Waals surface area contributed by atoms with Crippen LogP contribution in [0.2, 0.25) is 0 Å². The van der Waals surface area contributed by atoms with Gasteiger partial charge in [0.25, 0.3) is 11.6 Å². The number of hydrogen-bond donors (Lipinski definition) is 1. The second-order valence-electron chi connectivity index (χ2n) is 8.48. The summed E-state index contributed by atoms with van der Waals surface area (Å²) >= 11 is 0. The first-order chi connectivity index (χ1) is 17.9. The van der Waals surface area contributed by atoms with Gasteiger partial charge in [0, 0.05) is 43.0 Å². The van der Waals surface area contributed by atoms with Crippen molar-refractivity contribution in [2.75, 3.05) is 13.7 Å². The molecule has 0 fully saturated rings. The fraction of sp³-hybridized carbons (Fsp3) is 0.192. The number of nitrogens with zero attached hydrogens (tertiary/aromatic N) is 4. The van der Waals surface area contributed by atoms with Crippen molar-refractivity contribution in [3.8, 4) is 5.75 Å². The van der Waals surface area contributed by atoms with Gasteiger partial charge in [0.2, 0.25) is 5.78 Å². The summed E-state index contributed by atoms with van der Waals surface area (Å²) in [7, 11) is 1.48. The van der Waals surface area contributed by atoms with Crippen LogP contribution < -0.4 is 4.74 Å². The summed E-state index contributed by atoms with van der Waals surface area (Å²) < 4.78 is 13.0. The maximum atomic E-state index is 13.7. The minimum Gasteiger partial charge on any atom is -0.503 e. The van der Waals surface area contributed by atoms with Gasteiger partial charge in [-0.25, -0.2) is 4.98 Å². The zero-order valence-electron chi connectivity index (χ0n) is 19.7. The molecule has 188 valence electrons. The van der Waals surface area contributed by atoms with E-state index in [1.165, 1.54) is 42.3 Å². The molecule has 0 saturated heterocycles. The molecule has 4 aromatic rings. The quantitative estimate of drug-likeness (QED) is 0.204. The number of hydrogen-bond acceptors (Lipinski definition) is 8. The van der Waals surface area contributed by atoms with Crippen LogP contribution in [-0.4, -0.2) is 49.8 Å². The number of aliphatic hydroxyl groups is 1. The molecule has 0 bridgehead atoms. The number of fused-ring (bicyclic) bond motifs is 1. The number of benzene rings is 2. The first-order valence-corrected chi connectivity index (χ1v) is 11.4. The number of methoxy groups -OCH3 is 1. The largest absolute Gasteiger partial charge is 0.503 e. The van der Waals surface area contributed by atoms with Crippen LogP contribution in [0.3, 0.4) is 0 Å². The van der Waals surface area contributed by atoms with E-state index >= 15 is 0 Å². The van der Waals surface area contributed by atoms with Gasteiger partial charge in [0.1, 0.15) is 0 Å².